The van der Waals surface area contributed by atoms with Crippen LogP contribution in [0.2, 0.25) is 0 Å². The maximum absolute atomic E-state index is 13.5. The lowest BCUT2D eigenvalue weighted by Gasteiger charge is -2.20. The van der Waals surface area contributed by atoms with Crippen LogP contribution in [0.15, 0.2) is 18.2 Å². The molecular formula is C13H19FN2O2. The molecule has 1 rings (SSSR count). The van der Waals surface area contributed by atoms with E-state index in [0.717, 1.165) is 5.56 Å². The Balaban J connectivity index is 2.77. The third-order valence-electron chi connectivity index (χ3n) is 2.05. The lowest BCUT2D eigenvalue weighted by molar-refractivity contribution is 0.0635. The Hall–Kier alpha value is -1.62. The number of carbonyl (C=O) groups excluding carboxylic acids is 1. The molecule has 0 aliphatic rings. The van der Waals surface area contributed by atoms with Crippen molar-refractivity contribution in [1.29, 1.82) is 0 Å². The zero-order valence-electron chi connectivity index (χ0n) is 11.1. The van der Waals surface area contributed by atoms with Gasteiger partial charge < -0.3 is 10.1 Å². The molecule has 1 amide bonds. The molecule has 5 heteroatoms. The van der Waals surface area contributed by atoms with Crippen molar-refractivity contribution in [3.8, 4) is 0 Å². The van der Waals surface area contributed by atoms with Crippen LogP contribution in [0.4, 0.5) is 14.9 Å². The van der Waals surface area contributed by atoms with Crippen LogP contribution in [0.1, 0.15) is 26.3 Å². The highest BCUT2D eigenvalue weighted by atomic mass is 19.1. The summed E-state index contributed by atoms with van der Waals surface area (Å²) < 4.78 is 18.6. The maximum Gasteiger partial charge on any atom is 0.412 e. The molecule has 0 aromatic heterocycles. The van der Waals surface area contributed by atoms with Crippen molar-refractivity contribution >= 4 is 11.8 Å². The zero-order chi connectivity index (χ0) is 13.8. The predicted octanol–water partition coefficient (Wildman–Crippen LogP) is 2.89. The van der Waals surface area contributed by atoms with Gasteiger partial charge in [0, 0.05) is 6.54 Å². The molecule has 0 fully saturated rings. The second kappa shape index (κ2) is 5.82. The number of carbonyl (C=O) groups is 1. The summed E-state index contributed by atoms with van der Waals surface area (Å²) in [4.78, 5) is 11.5. The van der Waals surface area contributed by atoms with Crippen LogP contribution < -0.4 is 10.6 Å². The minimum absolute atomic E-state index is 0.122. The van der Waals surface area contributed by atoms with Gasteiger partial charge in [0.1, 0.15) is 11.4 Å². The molecule has 1 aromatic rings. The minimum Gasteiger partial charge on any atom is -0.444 e. The van der Waals surface area contributed by atoms with Gasteiger partial charge >= 0.3 is 6.09 Å². The molecule has 0 bridgehead atoms. The fourth-order valence-electron chi connectivity index (χ4n) is 1.40. The Labute approximate surface area is 107 Å². The van der Waals surface area contributed by atoms with Crippen LogP contribution in [0.25, 0.3) is 0 Å². The number of ether oxygens (including phenoxy) is 1. The Morgan fingerprint density at radius 2 is 2.06 bits per heavy atom. The number of halogens is 1. The first kappa shape index (κ1) is 14.4. The normalized spacial score (nSPS) is 11.2. The van der Waals surface area contributed by atoms with E-state index in [4.69, 9.17) is 4.74 Å². The van der Waals surface area contributed by atoms with Gasteiger partial charge in [0.05, 0.1) is 5.69 Å². The summed E-state index contributed by atoms with van der Waals surface area (Å²) >= 11 is 0. The molecule has 18 heavy (non-hydrogen) atoms. The van der Waals surface area contributed by atoms with Gasteiger partial charge in [-0.3, -0.25) is 5.32 Å². The molecule has 0 radical (unpaired) electrons. The largest absolute Gasteiger partial charge is 0.444 e. The first-order valence-corrected chi connectivity index (χ1v) is 5.75. The summed E-state index contributed by atoms with van der Waals surface area (Å²) in [5, 5.41) is 5.36. The van der Waals surface area contributed by atoms with Crippen LogP contribution in [0.3, 0.4) is 0 Å². The summed E-state index contributed by atoms with van der Waals surface area (Å²) in [7, 11) is 1.80. The topological polar surface area (TPSA) is 50.4 Å². The Morgan fingerprint density at radius 3 is 2.61 bits per heavy atom. The number of anilines is 1. The maximum atomic E-state index is 13.5. The van der Waals surface area contributed by atoms with Crippen molar-refractivity contribution < 1.29 is 13.9 Å². The highest BCUT2D eigenvalue weighted by Crippen LogP contribution is 2.17. The smallest absolute Gasteiger partial charge is 0.412 e. The Bertz CT molecular complexity index is 427. The molecule has 0 aliphatic heterocycles. The van der Waals surface area contributed by atoms with E-state index in [0.29, 0.717) is 6.54 Å². The van der Waals surface area contributed by atoms with E-state index < -0.39 is 17.5 Å². The van der Waals surface area contributed by atoms with Crippen molar-refractivity contribution in [2.75, 3.05) is 12.4 Å². The number of rotatable bonds is 3. The zero-order valence-corrected chi connectivity index (χ0v) is 11.1. The number of nitrogens with one attached hydrogen (secondary N) is 2. The summed E-state index contributed by atoms with van der Waals surface area (Å²) in [6.07, 6.45) is -0.664. The second-order valence-electron chi connectivity index (χ2n) is 4.97. The molecule has 1 aromatic carbocycles. The lowest BCUT2D eigenvalue weighted by atomic mass is 10.2. The van der Waals surface area contributed by atoms with Gasteiger partial charge in [-0.15, -0.1) is 0 Å². The average Bonchev–Trinajstić information content (AvgIpc) is 2.20. The van der Waals surface area contributed by atoms with Crippen LogP contribution >= 0.6 is 0 Å². The molecule has 0 saturated carbocycles. The summed E-state index contributed by atoms with van der Waals surface area (Å²) in [6.45, 7) is 5.85. The van der Waals surface area contributed by atoms with E-state index >= 15 is 0 Å². The molecule has 0 saturated heterocycles. The third-order valence-corrected chi connectivity index (χ3v) is 2.05. The van der Waals surface area contributed by atoms with Gasteiger partial charge in [0.2, 0.25) is 0 Å². The molecule has 4 nitrogen and oxygen atoms in total. The van der Waals surface area contributed by atoms with E-state index in [2.05, 4.69) is 10.6 Å². The highest BCUT2D eigenvalue weighted by Gasteiger charge is 2.17. The van der Waals surface area contributed by atoms with Crippen LogP contribution in [-0.2, 0) is 11.3 Å². The van der Waals surface area contributed by atoms with E-state index in [1.54, 1.807) is 40.0 Å². The highest BCUT2D eigenvalue weighted by molar-refractivity contribution is 5.85. The fraction of sp³-hybridized carbons (Fsp3) is 0.462. The van der Waals surface area contributed by atoms with Crippen molar-refractivity contribution in [2.24, 2.45) is 0 Å². The monoisotopic (exact) mass is 254 g/mol. The van der Waals surface area contributed by atoms with Gasteiger partial charge in [-0.25, -0.2) is 9.18 Å². The SMILES string of the molecule is CNCc1ccc(F)c(NC(=O)OC(C)(C)C)c1. The van der Waals surface area contributed by atoms with E-state index in [1.165, 1.54) is 6.07 Å². The molecule has 0 spiro atoms. The van der Waals surface area contributed by atoms with E-state index in [-0.39, 0.29) is 5.69 Å². The fourth-order valence-corrected chi connectivity index (χ4v) is 1.40. The molecule has 100 valence electrons. The van der Waals surface area contributed by atoms with Crippen molar-refractivity contribution in [1.82, 2.24) is 5.32 Å². The molecule has 0 unspecified atom stereocenters. The predicted molar refractivity (Wildman–Crippen MR) is 69.0 cm³/mol. The van der Waals surface area contributed by atoms with Crippen LogP contribution in [-0.4, -0.2) is 18.7 Å². The number of hydrogen-bond donors (Lipinski definition) is 2. The van der Waals surface area contributed by atoms with Crippen molar-refractivity contribution in [2.45, 2.75) is 32.9 Å². The van der Waals surface area contributed by atoms with Crippen molar-refractivity contribution in [3.63, 3.8) is 0 Å². The lowest BCUT2D eigenvalue weighted by Crippen LogP contribution is -2.27. The van der Waals surface area contributed by atoms with Gasteiger partial charge in [-0.05, 0) is 45.5 Å². The second-order valence-corrected chi connectivity index (χ2v) is 4.97. The molecule has 0 atom stereocenters. The number of amides is 1. The van der Waals surface area contributed by atoms with E-state index in [9.17, 15) is 9.18 Å². The average molecular weight is 254 g/mol. The summed E-state index contributed by atoms with van der Waals surface area (Å²) in [5.41, 5.74) is 0.394. The molecule has 2 N–H and O–H groups in total. The standard InChI is InChI=1S/C13H19FN2O2/c1-13(2,3)18-12(17)16-11-7-9(8-15-4)5-6-10(11)14/h5-7,15H,8H2,1-4H3,(H,16,17). The third kappa shape index (κ3) is 4.71. The minimum atomic E-state index is -0.664. The first-order chi connectivity index (χ1) is 8.31. The van der Waals surface area contributed by atoms with Gasteiger partial charge in [-0.1, -0.05) is 6.07 Å². The molecule has 0 aliphatic carbocycles. The molecule has 0 heterocycles. The Kier molecular flexibility index (Phi) is 4.67. The van der Waals surface area contributed by atoms with Gasteiger partial charge in [0.25, 0.3) is 0 Å². The summed E-state index contributed by atoms with van der Waals surface area (Å²) in [6, 6.07) is 4.56. The van der Waals surface area contributed by atoms with Gasteiger partial charge in [0.15, 0.2) is 0 Å². The van der Waals surface area contributed by atoms with Crippen molar-refractivity contribution in [3.05, 3.63) is 29.6 Å². The van der Waals surface area contributed by atoms with Crippen LogP contribution in [0.5, 0.6) is 0 Å². The van der Waals surface area contributed by atoms with Gasteiger partial charge in [-0.2, -0.15) is 0 Å². The Morgan fingerprint density at radius 1 is 1.39 bits per heavy atom. The number of hydrogen-bond acceptors (Lipinski definition) is 3. The quantitative estimate of drug-likeness (QED) is 0.872. The summed E-state index contributed by atoms with van der Waals surface area (Å²) in [5.74, 6) is -0.485. The van der Waals surface area contributed by atoms with Crippen LogP contribution in [0, 0.1) is 5.82 Å². The van der Waals surface area contributed by atoms with E-state index in [1.807, 2.05) is 0 Å². The molecular weight excluding hydrogens is 235 g/mol. The number of benzene rings is 1. The first-order valence-electron chi connectivity index (χ1n) is 5.75.